The predicted molar refractivity (Wildman–Crippen MR) is 108 cm³/mol. The van der Waals surface area contributed by atoms with E-state index in [4.69, 9.17) is 5.73 Å². The Hall–Kier alpha value is -2.68. The van der Waals surface area contributed by atoms with Crippen LogP contribution >= 0.6 is 0 Å². The Bertz CT molecular complexity index is 1150. The summed E-state index contributed by atoms with van der Waals surface area (Å²) in [6, 6.07) is 0.851. The number of ether oxygens (including phenoxy) is 1. The lowest BCUT2D eigenvalue weighted by molar-refractivity contribution is -0.274. The number of nitrogens with zero attached hydrogens (tertiary/aromatic N) is 4. The van der Waals surface area contributed by atoms with Crippen molar-refractivity contribution in [3.63, 3.8) is 0 Å². The van der Waals surface area contributed by atoms with E-state index in [0.29, 0.717) is 19.3 Å². The van der Waals surface area contributed by atoms with Crippen LogP contribution in [0.1, 0.15) is 44.0 Å². The Morgan fingerprint density at radius 2 is 1.64 bits per heavy atom. The molecule has 3 aliphatic carbocycles. The van der Waals surface area contributed by atoms with E-state index < -0.39 is 53.0 Å². The second-order valence-corrected chi connectivity index (χ2v) is 9.78. The molecule has 2 aromatic heterocycles. The molecule has 0 unspecified atom stereocenters. The zero-order chi connectivity index (χ0) is 26.3. The molecule has 3 heterocycles. The fourth-order valence-electron chi connectivity index (χ4n) is 5.64. The number of hydrogen-bond donors (Lipinski definition) is 2. The smallest absolute Gasteiger partial charge is 0.402 e. The molecule has 2 aromatic rings. The van der Waals surface area contributed by atoms with Gasteiger partial charge in [0.05, 0.1) is 11.2 Å². The van der Waals surface area contributed by atoms with Gasteiger partial charge < -0.3 is 20.1 Å². The quantitative estimate of drug-likeness (QED) is 0.561. The van der Waals surface area contributed by atoms with Crippen molar-refractivity contribution in [2.75, 3.05) is 18.8 Å². The number of imidazole rings is 1. The van der Waals surface area contributed by atoms with E-state index in [-0.39, 0.29) is 37.2 Å². The largest absolute Gasteiger partial charge is 0.573 e. The van der Waals surface area contributed by atoms with Crippen LogP contribution in [-0.2, 0) is 5.54 Å². The minimum absolute atomic E-state index is 0.0996. The van der Waals surface area contributed by atoms with Crippen LogP contribution in [0.3, 0.4) is 0 Å². The molecule has 1 saturated heterocycles. The van der Waals surface area contributed by atoms with Gasteiger partial charge >= 0.3 is 12.5 Å². The number of alkyl halides is 8. The van der Waals surface area contributed by atoms with Gasteiger partial charge in [0, 0.05) is 49.4 Å². The molecule has 36 heavy (non-hydrogen) atoms. The number of anilines is 1. The molecular weight excluding hydrogens is 506 g/mol. The zero-order valence-electron chi connectivity index (χ0n) is 18.5. The first-order valence-corrected chi connectivity index (χ1v) is 11.0. The minimum atomic E-state index is -5.08. The van der Waals surface area contributed by atoms with Crippen molar-refractivity contribution in [1.82, 2.24) is 19.4 Å². The maximum absolute atomic E-state index is 13.5. The van der Waals surface area contributed by atoms with Crippen molar-refractivity contribution in [3.05, 3.63) is 24.3 Å². The zero-order valence-corrected chi connectivity index (χ0v) is 18.5. The van der Waals surface area contributed by atoms with Gasteiger partial charge in [0.1, 0.15) is 5.82 Å². The molecule has 1 atom stereocenters. The maximum Gasteiger partial charge on any atom is 0.573 e. The molecule has 6 rings (SSSR count). The lowest BCUT2D eigenvalue weighted by Crippen LogP contribution is -2.79. The van der Waals surface area contributed by atoms with Gasteiger partial charge in [-0.3, -0.25) is 4.90 Å². The number of nitrogen functional groups attached to an aromatic ring is 1. The molecule has 198 valence electrons. The molecule has 15 heteroatoms. The van der Waals surface area contributed by atoms with Crippen molar-refractivity contribution < 1.29 is 45.0 Å². The third-order valence-corrected chi connectivity index (χ3v) is 7.34. The van der Waals surface area contributed by atoms with E-state index in [1.165, 1.54) is 10.8 Å². The summed E-state index contributed by atoms with van der Waals surface area (Å²) in [5.74, 6) is -4.88. The SMILES string of the molecule is Nc1ncc(-c2cn(C34CC(N5CCC(F)(F)CC5)(C3)C4)c([C@H](O)C(F)(F)F)n2)cc1OC(F)(F)F. The lowest BCUT2D eigenvalue weighted by Gasteiger charge is -2.75. The van der Waals surface area contributed by atoms with Gasteiger partial charge in [0.25, 0.3) is 5.92 Å². The van der Waals surface area contributed by atoms with E-state index in [2.05, 4.69) is 14.7 Å². The Morgan fingerprint density at radius 1 is 1.03 bits per heavy atom. The summed E-state index contributed by atoms with van der Waals surface area (Å²) in [7, 11) is 0. The van der Waals surface area contributed by atoms with Gasteiger partial charge in [-0.2, -0.15) is 13.2 Å². The van der Waals surface area contributed by atoms with E-state index in [1.807, 2.05) is 4.90 Å². The van der Waals surface area contributed by atoms with Crippen LogP contribution in [0.4, 0.5) is 40.9 Å². The number of aliphatic hydroxyl groups excluding tert-OH is 1. The van der Waals surface area contributed by atoms with Crippen LogP contribution in [0.15, 0.2) is 18.5 Å². The van der Waals surface area contributed by atoms with Crippen molar-refractivity contribution in [3.8, 4) is 17.0 Å². The van der Waals surface area contributed by atoms with E-state index >= 15 is 0 Å². The lowest BCUT2D eigenvalue weighted by atomic mass is 9.43. The highest BCUT2D eigenvalue weighted by atomic mass is 19.4. The molecule has 3 N–H and O–H groups in total. The summed E-state index contributed by atoms with van der Waals surface area (Å²) < 4.78 is 110. The van der Waals surface area contributed by atoms with Gasteiger partial charge in [0.2, 0.25) is 6.10 Å². The number of hydrogen-bond acceptors (Lipinski definition) is 6. The number of pyridine rings is 1. The Kier molecular flexibility index (Phi) is 5.32. The molecule has 0 radical (unpaired) electrons. The molecule has 2 bridgehead atoms. The van der Waals surface area contributed by atoms with Crippen LogP contribution < -0.4 is 10.5 Å². The van der Waals surface area contributed by atoms with Gasteiger partial charge in [-0.25, -0.2) is 18.7 Å². The van der Waals surface area contributed by atoms with Crippen molar-refractivity contribution in [2.24, 2.45) is 0 Å². The van der Waals surface area contributed by atoms with Crippen molar-refractivity contribution in [2.45, 2.75) is 67.7 Å². The normalized spacial score (nSPS) is 28.8. The van der Waals surface area contributed by atoms with Crippen LogP contribution in [0, 0.1) is 0 Å². The molecule has 0 spiro atoms. The highest BCUT2D eigenvalue weighted by molar-refractivity contribution is 5.64. The third kappa shape index (κ3) is 4.15. The minimum Gasteiger partial charge on any atom is -0.402 e. The van der Waals surface area contributed by atoms with Crippen LogP contribution in [-0.4, -0.2) is 61.6 Å². The Balaban J connectivity index is 1.45. The van der Waals surface area contributed by atoms with Gasteiger partial charge in [-0.15, -0.1) is 13.2 Å². The Morgan fingerprint density at radius 3 is 2.19 bits per heavy atom. The number of piperidine rings is 1. The second kappa shape index (κ2) is 7.66. The topological polar surface area (TPSA) is 89.4 Å². The molecule has 4 aliphatic rings. The standard InChI is InChI=1S/C21H21F8N5O2/c22-19(23)1-3-33(4-2-19)17-8-18(9-17,10-17)34-7-12(32-16(34)14(35)20(24,25)26)11-5-13(15(30)31-6-11)36-21(27,28)29/h5-7,14,35H,1-4,8-10H2,(H2,30,31)/t14-,17?,18?/m0/s1. The number of aromatic nitrogens is 3. The fourth-order valence-corrected chi connectivity index (χ4v) is 5.64. The summed E-state index contributed by atoms with van der Waals surface area (Å²) >= 11 is 0. The van der Waals surface area contributed by atoms with Gasteiger partial charge in [-0.1, -0.05) is 0 Å². The maximum atomic E-state index is 13.5. The van der Waals surface area contributed by atoms with Crippen LogP contribution in [0.25, 0.3) is 11.3 Å². The number of nitrogens with two attached hydrogens (primary N) is 1. The number of rotatable bonds is 5. The molecule has 0 amide bonds. The Labute approximate surface area is 198 Å². The summed E-state index contributed by atoms with van der Waals surface area (Å²) in [5, 5.41) is 10.0. The summed E-state index contributed by atoms with van der Waals surface area (Å²) in [4.78, 5) is 9.46. The average Bonchev–Trinajstić information content (AvgIpc) is 3.11. The van der Waals surface area contributed by atoms with Crippen molar-refractivity contribution >= 4 is 5.82 Å². The average molecular weight is 527 g/mol. The van der Waals surface area contributed by atoms with Gasteiger partial charge in [0.15, 0.2) is 11.6 Å². The number of likely N-dealkylation sites (tertiary alicyclic amines) is 1. The summed E-state index contributed by atoms with van der Waals surface area (Å²) in [5.41, 5.74) is 3.93. The summed E-state index contributed by atoms with van der Waals surface area (Å²) in [6.45, 7) is 0.352. The monoisotopic (exact) mass is 527 g/mol. The highest BCUT2D eigenvalue weighted by Gasteiger charge is 2.72. The van der Waals surface area contributed by atoms with Crippen LogP contribution in [0.2, 0.25) is 0 Å². The highest BCUT2D eigenvalue weighted by Crippen LogP contribution is 2.69. The molecule has 1 aliphatic heterocycles. The fraction of sp³-hybridized carbons (Fsp3) is 0.619. The molecule has 7 nitrogen and oxygen atoms in total. The first-order valence-electron chi connectivity index (χ1n) is 11.0. The molecule has 3 saturated carbocycles. The summed E-state index contributed by atoms with van der Waals surface area (Å²) in [6.07, 6.45) is -10.3. The van der Waals surface area contributed by atoms with E-state index in [1.54, 1.807) is 0 Å². The number of halogens is 8. The third-order valence-electron chi connectivity index (χ3n) is 7.34. The van der Waals surface area contributed by atoms with Gasteiger partial charge in [-0.05, 0) is 25.3 Å². The van der Waals surface area contributed by atoms with E-state index in [9.17, 15) is 40.2 Å². The van der Waals surface area contributed by atoms with Crippen molar-refractivity contribution in [1.29, 1.82) is 0 Å². The number of aliphatic hydroxyl groups is 1. The van der Waals surface area contributed by atoms with E-state index in [0.717, 1.165) is 12.3 Å². The first kappa shape index (κ1) is 25.0. The van der Waals surface area contributed by atoms with Crippen LogP contribution in [0.5, 0.6) is 5.75 Å². The molecular formula is C21H21F8N5O2. The molecule has 0 aromatic carbocycles. The first-order chi connectivity index (χ1) is 16.5. The second-order valence-electron chi connectivity index (χ2n) is 9.78. The molecule has 4 fully saturated rings. The predicted octanol–water partition coefficient (Wildman–Crippen LogP) is 4.38.